The molecule has 0 radical (unpaired) electrons. The molecule has 15 N–H and O–H groups in total. The minimum atomic E-state index is -1.52. The summed E-state index contributed by atoms with van der Waals surface area (Å²) >= 11 is 1.13. The molecule has 2 aliphatic rings. The van der Waals surface area contributed by atoms with E-state index >= 15 is 0 Å². The zero-order chi connectivity index (χ0) is 40.9. The summed E-state index contributed by atoms with van der Waals surface area (Å²) in [7, 11) is 0. The Morgan fingerprint density at radius 1 is 0.944 bits per heavy atom. The second-order valence-electron chi connectivity index (χ2n) is 12.8. The van der Waals surface area contributed by atoms with E-state index in [4.69, 9.17) is 32.8 Å². The Bertz CT molecular complexity index is 1500. The smallest absolute Gasteiger partial charge is 0.352 e. The molecule has 0 aromatic carbocycles. The monoisotopic (exact) mass is 786 g/mol. The Morgan fingerprint density at radius 3 is 2.13 bits per heavy atom. The maximum Gasteiger partial charge on any atom is 0.352 e. The molecule has 0 spiro atoms. The summed E-state index contributed by atoms with van der Waals surface area (Å²) < 4.78 is 5.27. The van der Waals surface area contributed by atoms with Crippen molar-refractivity contribution in [3.8, 4) is 0 Å². The van der Waals surface area contributed by atoms with Gasteiger partial charge in [-0.2, -0.15) is 0 Å². The van der Waals surface area contributed by atoms with Gasteiger partial charge in [0.25, 0.3) is 5.91 Å². The number of nitrogens with zero attached hydrogens (tertiary/aromatic N) is 2. The summed E-state index contributed by atoms with van der Waals surface area (Å²) in [6.45, 7) is 3.78. The Morgan fingerprint density at radius 2 is 1.56 bits per heavy atom. The van der Waals surface area contributed by atoms with Gasteiger partial charge in [-0.05, 0) is 46.5 Å². The first-order valence-electron chi connectivity index (χ1n) is 17.0. The molecule has 22 nitrogen and oxygen atoms in total. The van der Waals surface area contributed by atoms with Gasteiger partial charge in [0.15, 0.2) is 5.96 Å². The molecule has 5 amide bonds. The van der Waals surface area contributed by atoms with E-state index in [1.54, 1.807) is 0 Å². The minimum absolute atomic E-state index is 0.0202. The van der Waals surface area contributed by atoms with Crippen LogP contribution in [0.25, 0.3) is 0 Å². The van der Waals surface area contributed by atoms with E-state index in [1.807, 2.05) is 0 Å². The number of amides is 5. The van der Waals surface area contributed by atoms with Gasteiger partial charge in [0.1, 0.15) is 41.8 Å². The first-order chi connectivity index (χ1) is 25.2. The highest BCUT2D eigenvalue weighted by molar-refractivity contribution is 8.00. The molecule has 2 heterocycles. The van der Waals surface area contributed by atoms with Crippen molar-refractivity contribution < 1.29 is 58.4 Å². The van der Waals surface area contributed by atoms with Crippen LogP contribution in [0.2, 0.25) is 0 Å². The lowest BCUT2D eigenvalue weighted by Gasteiger charge is -2.49. The predicted octanol–water partition coefficient (Wildman–Crippen LogP) is -4.50. The van der Waals surface area contributed by atoms with E-state index in [9.17, 15) is 48.6 Å². The number of aliphatic carboxylic acids is 2. The number of nitrogens with two attached hydrogens (primary N) is 4. The SMILES string of the molecule is C[C@H](N)C(=O)N[C@@H](C)C(=O)N[C@@H](C)C(=O)N[C@H](CCCN=C(N)N)[C@H](O)CC(=O)OCC1=C(C(=O)O)N2C(=O)[C@@H](NC(=O)CCC[C@@H](N)C(=O)O)C2SC1. The molecule has 23 heteroatoms. The highest BCUT2D eigenvalue weighted by atomic mass is 32.2. The van der Waals surface area contributed by atoms with Crippen LogP contribution in [-0.4, -0.2) is 140 Å². The summed E-state index contributed by atoms with van der Waals surface area (Å²) in [6, 6.07) is -6.25. The molecule has 2 aliphatic heterocycles. The maximum absolute atomic E-state index is 13.0. The summed E-state index contributed by atoms with van der Waals surface area (Å²) in [5.74, 6) is -7.02. The number of ether oxygens (including phenoxy) is 1. The number of guanidine groups is 1. The lowest BCUT2D eigenvalue weighted by molar-refractivity contribution is -0.151. The van der Waals surface area contributed by atoms with Crippen LogP contribution in [0.3, 0.4) is 0 Å². The van der Waals surface area contributed by atoms with Gasteiger partial charge in [0.05, 0.1) is 24.6 Å². The third kappa shape index (κ3) is 13.4. The van der Waals surface area contributed by atoms with E-state index in [0.29, 0.717) is 0 Å². The van der Waals surface area contributed by atoms with Crippen LogP contribution in [0.15, 0.2) is 16.3 Å². The van der Waals surface area contributed by atoms with Crippen molar-refractivity contribution in [2.24, 2.45) is 27.9 Å². The summed E-state index contributed by atoms with van der Waals surface area (Å²) in [4.78, 5) is 103. The summed E-state index contributed by atoms with van der Waals surface area (Å²) in [6.07, 6.45) is -1.72. The fraction of sp³-hybridized carbons (Fsp3) is 0.645. The number of nitrogens with one attached hydrogen (secondary N) is 4. The maximum atomic E-state index is 13.0. The molecule has 0 aliphatic carbocycles. The molecule has 302 valence electrons. The Balaban J connectivity index is 2.03. The average molecular weight is 787 g/mol. The molecular weight excluding hydrogens is 736 g/mol. The largest absolute Gasteiger partial charge is 0.480 e. The van der Waals surface area contributed by atoms with Crippen LogP contribution in [0, 0.1) is 0 Å². The molecule has 0 aromatic rings. The van der Waals surface area contributed by atoms with E-state index in [1.165, 1.54) is 20.8 Å². The van der Waals surface area contributed by atoms with Gasteiger partial charge in [-0.25, -0.2) is 4.79 Å². The van der Waals surface area contributed by atoms with Gasteiger partial charge in [0, 0.05) is 24.3 Å². The minimum Gasteiger partial charge on any atom is -0.480 e. The molecule has 0 bridgehead atoms. The van der Waals surface area contributed by atoms with Crippen molar-refractivity contribution in [3.63, 3.8) is 0 Å². The zero-order valence-electron chi connectivity index (χ0n) is 30.1. The van der Waals surface area contributed by atoms with Gasteiger partial charge in [-0.15, -0.1) is 11.8 Å². The van der Waals surface area contributed by atoms with Gasteiger partial charge >= 0.3 is 17.9 Å². The molecule has 54 heavy (non-hydrogen) atoms. The molecule has 1 unspecified atom stereocenters. The van der Waals surface area contributed by atoms with Crippen molar-refractivity contribution in [1.82, 2.24) is 26.2 Å². The van der Waals surface area contributed by atoms with Crippen LogP contribution in [-0.2, 0) is 43.1 Å². The number of carboxylic acids is 2. The third-order valence-electron chi connectivity index (χ3n) is 8.26. The van der Waals surface area contributed by atoms with Crippen molar-refractivity contribution in [2.45, 2.75) is 107 Å². The number of aliphatic imine (C=N–C) groups is 1. The molecule has 1 fully saturated rings. The standard InChI is InChI=1S/C31H50N10O12S/c1-13(32)24(45)37-14(2)25(46)38-15(3)26(47)39-18(7-5-9-36-31(34)35)19(42)10-21(44)53-11-16-12-54-28-22(27(48)41(28)23(16)30(51)52)40-20(43)8-4-6-17(33)29(49)50/h13-15,17-19,22,28,42H,4-12,32-33H2,1-3H3,(H,37,45)(H,38,46)(H,39,47)(H,40,43)(H,49,50)(H,51,52)(H4,34,35,36)/t13-,14-,15-,17+,18+,19+,22+,28?/m0/s1. The molecule has 1 saturated heterocycles. The van der Waals surface area contributed by atoms with Crippen molar-refractivity contribution in [2.75, 3.05) is 18.9 Å². The molecule has 2 rings (SSSR count). The van der Waals surface area contributed by atoms with Crippen LogP contribution < -0.4 is 44.2 Å². The zero-order valence-corrected chi connectivity index (χ0v) is 30.9. The number of carbonyl (C=O) groups excluding carboxylic acids is 6. The van der Waals surface area contributed by atoms with Gasteiger partial charge in [0.2, 0.25) is 23.6 Å². The Hall–Kier alpha value is -5.00. The van der Waals surface area contributed by atoms with Crippen molar-refractivity contribution in [1.29, 1.82) is 0 Å². The van der Waals surface area contributed by atoms with E-state index in [2.05, 4.69) is 26.3 Å². The lowest BCUT2D eigenvalue weighted by Crippen LogP contribution is -2.70. The van der Waals surface area contributed by atoms with Crippen LogP contribution in [0.5, 0.6) is 0 Å². The number of hydrogen-bond acceptors (Lipinski definition) is 14. The number of aliphatic hydroxyl groups excluding tert-OH is 1. The van der Waals surface area contributed by atoms with Crippen molar-refractivity contribution in [3.05, 3.63) is 11.3 Å². The lowest BCUT2D eigenvalue weighted by atomic mass is 10.0. The predicted molar refractivity (Wildman–Crippen MR) is 191 cm³/mol. The van der Waals surface area contributed by atoms with Gasteiger partial charge in [-0.3, -0.25) is 43.5 Å². The fourth-order valence-corrected chi connectivity index (χ4v) is 6.51. The number of rotatable bonds is 22. The number of aliphatic hydroxyl groups is 1. The number of fused-ring (bicyclic) bond motifs is 1. The fourth-order valence-electron chi connectivity index (χ4n) is 5.19. The number of β-lactam (4-membered cyclic amide) rings is 1. The highest BCUT2D eigenvalue weighted by Gasteiger charge is 2.54. The molecule has 8 atom stereocenters. The Kier molecular flexibility index (Phi) is 17.6. The summed E-state index contributed by atoms with van der Waals surface area (Å²) in [5.41, 5.74) is 21.3. The van der Waals surface area contributed by atoms with E-state index < -0.39 is 114 Å². The van der Waals surface area contributed by atoms with E-state index in [-0.39, 0.29) is 55.9 Å². The van der Waals surface area contributed by atoms with Crippen LogP contribution in [0.1, 0.15) is 59.3 Å². The molecule has 0 aromatic heterocycles. The number of carboxylic acid groups (broad SMARTS) is 2. The topological polar surface area (TPSA) is 374 Å². The average Bonchev–Trinajstić information content (AvgIpc) is 3.09. The quantitative estimate of drug-likeness (QED) is 0.0162. The second-order valence-corrected chi connectivity index (χ2v) is 13.9. The number of hydrogen-bond donors (Lipinski definition) is 11. The van der Waals surface area contributed by atoms with Gasteiger partial charge in [-0.1, -0.05) is 0 Å². The van der Waals surface area contributed by atoms with E-state index in [0.717, 1.165) is 16.7 Å². The first kappa shape index (κ1) is 45.2. The molecular formula is C31H50N10O12S. The Labute approximate surface area is 314 Å². The molecule has 0 saturated carbocycles. The normalized spacial score (nSPS) is 19.7. The summed E-state index contributed by atoms with van der Waals surface area (Å²) in [5, 5.41) is 39.0. The number of thioether (sulfide) groups is 1. The number of carbonyl (C=O) groups is 8. The van der Waals surface area contributed by atoms with Crippen molar-refractivity contribution >= 4 is 65.2 Å². The second kappa shape index (κ2) is 21.0. The van der Waals surface area contributed by atoms with Gasteiger partial charge < -0.3 is 64.3 Å². The number of esters is 1. The van der Waals surface area contributed by atoms with Crippen LogP contribution in [0.4, 0.5) is 0 Å². The third-order valence-corrected chi connectivity index (χ3v) is 9.60. The first-order valence-corrected chi connectivity index (χ1v) is 18.0. The van der Waals surface area contributed by atoms with Crippen LogP contribution >= 0.6 is 11.8 Å². The highest BCUT2D eigenvalue weighted by Crippen LogP contribution is 2.40.